The fourth-order valence-electron chi connectivity index (χ4n) is 3.72. The molecular weight excluding hydrogens is 232 g/mol. The maximum absolute atomic E-state index is 3.63. The van der Waals surface area contributed by atoms with Gasteiger partial charge < -0.3 is 5.32 Å². The van der Waals surface area contributed by atoms with Gasteiger partial charge in [0, 0.05) is 11.6 Å². The highest BCUT2D eigenvalue weighted by molar-refractivity contribution is 4.98. The van der Waals surface area contributed by atoms with E-state index < -0.39 is 0 Å². The summed E-state index contributed by atoms with van der Waals surface area (Å²) < 4.78 is 0. The monoisotopic (exact) mass is 270 g/mol. The van der Waals surface area contributed by atoms with E-state index in [0.717, 1.165) is 13.1 Å². The van der Waals surface area contributed by atoms with Gasteiger partial charge >= 0.3 is 0 Å². The predicted octanol–water partition coefficient (Wildman–Crippen LogP) is 4.45. The molecule has 0 heterocycles. The topological polar surface area (TPSA) is 15.3 Å². The molecule has 19 heavy (non-hydrogen) atoms. The zero-order chi connectivity index (χ0) is 14.7. The number of hydrogen-bond acceptors (Lipinski definition) is 2. The van der Waals surface area contributed by atoms with Gasteiger partial charge in [0.15, 0.2) is 0 Å². The van der Waals surface area contributed by atoms with Crippen molar-refractivity contribution in [2.24, 2.45) is 0 Å². The normalized spacial score (nSPS) is 14.1. The zero-order valence-electron chi connectivity index (χ0n) is 14.4. The van der Waals surface area contributed by atoms with Gasteiger partial charge in [0.2, 0.25) is 0 Å². The average Bonchev–Trinajstić information content (AvgIpc) is 2.46. The highest BCUT2D eigenvalue weighted by Gasteiger charge is 2.38. The maximum Gasteiger partial charge on any atom is 0.0356 e. The summed E-state index contributed by atoms with van der Waals surface area (Å²) in [6.07, 6.45) is 9.25. The minimum absolute atomic E-state index is 0.338. The number of nitrogens with zero attached hydrogens (tertiary/aromatic N) is 1. The third-order valence-electron chi connectivity index (χ3n) is 4.96. The molecule has 1 atom stereocenters. The second-order valence-electron chi connectivity index (χ2n) is 5.67. The van der Waals surface area contributed by atoms with Crippen LogP contribution in [-0.4, -0.2) is 36.6 Å². The quantitative estimate of drug-likeness (QED) is 0.527. The van der Waals surface area contributed by atoms with Gasteiger partial charge in [-0.15, -0.1) is 0 Å². The van der Waals surface area contributed by atoms with E-state index in [0.29, 0.717) is 11.6 Å². The van der Waals surface area contributed by atoms with Crippen LogP contribution in [0.2, 0.25) is 0 Å². The average molecular weight is 271 g/mol. The molecule has 0 aliphatic rings. The first-order valence-electron chi connectivity index (χ1n) is 8.58. The van der Waals surface area contributed by atoms with E-state index in [1.165, 1.54) is 44.9 Å². The summed E-state index contributed by atoms with van der Waals surface area (Å²) in [4.78, 5) is 2.67. The lowest BCUT2D eigenvalue weighted by atomic mass is 9.80. The van der Waals surface area contributed by atoms with Crippen LogP contribution in [0.4, 0.5) is 0 Å². The second kappa shape index (κ2) is 10.7. The summed E-state index contributed by atoms with van der Waals surface area (Å²) in [5.74, 6) is 0. The summed E-state index contributed by atoms with van der Waals surface area (Å²) in [5, 5.41) is 3.63. The third-order valence-corrected chi connectivity index (χ3v) is 4.96. The van der Waals surface area contributed by atoms with Gasteiger partial charge in [0.05, 0.1) is 0 Å². The van der Waals surface area contributed by atoms with Gasteiger partial charge in [-0.05, 0) is 39.4 Å². The largest absolute Gasteiger partial charge is 0.315 e. The van der Waals surface area contributed by atoms with Gasteiger partial charge in [-0.25, -0.2) is 0 Å². The number of hydrogen-bond donors (Lipinski definition) is 1. The summed E-state index contributed by atoms with van der Waals surface area (Å²) in [6, 6.07) is 0.624. The van der Waals surface area contributed by atoms with Crippen LogP contribution in [0.15, 0.2) is 0 Å². The van der Waals surface area contributed by atoms with Crippen molar-refractivity contribution in [1.29, 1.82) is 0 Å². The van der Waals surface area contributed by atoms with Crippen LogP contribution in [0.5, 0.6) is 0 Å². The molecule has 1 N–H and O–H groups in total. The molecule has 2 heteroatoms. The van der Waals surface area contributed by atoms with E-state index in [1.807, 2.05) is 0 Å². The molecule has 116 valence electrons. The molecule has 0 aliphatic carbocycles. The van der Waals surface area contributed by atoms with E-state index in [1.54, 1.807) is 0 Å². The molecule has 0 aromatic heterocycles. The summed E-state index contributed by atoms with van der Waals surface area (Å²) in [7, 11) is 2.15. The molecule has 0 aromatic carbocycles. The lowest BCUT2D eigenvalue weighted by Gasteiger charge is -2.48. The zero-order valence-corrected chi connectivity index (χ0v) is 14.4. The fraction of sp³-hybridized carbons (Fsp3) is 1.00. The Balaban J connectivity index is 4.77. The number of unbranched alkanes of at least 4 members (excludes halogenated alkanes) is 3. The molecule has 0 saturated carbocycles. The number of nitrogens with one attached hydrogen (secondary N) is 1. The predicted molar refractivity (Wildman–Crippen MR) is 87.8 cm³/mol. The van der Waals surface area contributed by atoms with Crippen molar-refractivity contribution < 1.29 is 0 Å². The first kappa shape index (κ1) is 18.9. The SMILES string of the molecule is CCCCCCC(NC)C(CC)(CC)N(CC)CC. The van der Waals surface area contributed by atoms with Gasteiger partial charge in [-0.3, -0.25) is 4.90 Å². The van der Waals surface area contributed by atoms with Crippen molar-refractivity contribution in [1.82, 2.24) is 10.2 Å². The first-order chi connectivity index (χ1) is 9.16. The third kappa shape index (κ3) is 5.07. The highest BCUT2D eigenvalue weighted by Crippen LogP contribution is 2.30. The Kier molecular flexibility index (Phi) is 10.6. The lowest BCUT2D eigenvalue weighted by molar-refractivity contribution is 0.0479. The number of likely N-dealkylation sites (N-methyl/N-ethyl adjacent to an activating group) is 2. The Morgan fingerprint density at radius 2 is 1.47 bits per heavy atom. The van der Waals surface area contributed by atoms with Crippen LogP contribution >= 0.6 is 0 Å². The van der Waals surface area contributed by atoms with Gasteiger partial charge in [-0.2, -0.15) is 0 Å². The van der Waals surface area contributed by atoms with E-state index >= 15 is 0 Å². The standard InChI is InChI=1S/C17H38N2/c1-7-12-13-14-15-16(18-6)17(8-2,9-3)19(10-4)11-5/h16,18H,7-15H2,1-6H3. The maximum atomic E-state index is 3.63. The summed E-state index contributed by atoms with van der Waals surface area (Å²) >= 11 is 0. The van der Waals surface area contributed by atoms with Crippen molar-refractivity contribution >= 4 is 0 Å². The van der Waals surface area contributed by atoms with Crippen LogP contribution in [0.3, 0.4) is 0 Å². The molecule has 0 aromatic rings. The molecule has 2 nitrogen and oxygen atoms in total. The number of rotatable bonds is 12. The molecule has 0 rings (SSSR count). The van der Waals surface area contributed by atoms with Crippen LogP contribution in [-0.2, 0) is 0 Å². The van der Waals surface area contributed by atoms with E-state index in [2.05, 4.69) is 51.9 Å². The minimum Gasteiger partial charge on any atom is -0.315 e. The van der Waals surface area contributed by atoms with Gasteiger partial charge in [0.25, 0.3) is 0 Å². The van der Waals surface area contributed by atoms with Crippen molar-refractivity contribution in [3.8, 4) is 0 Å². The van der Waals surface area contributed by atoms with Crippen LogP contribution in [0, 0.1) is 0 Å². The molecule has 0 aliphatic heterocycles. The van der Waals surface area contributed by atoms with E-state index in [-0.39, 0.29) is 0 Å². The minimum atomic E-state index is 0.338. The Morgan fingerprint density at radius 3 is 1.84 bits per heavy atom. The molecule has 1 unspecified atom stereocenters. The van der Waals surface area contributed by atoms with Crippen molar-refractivity contribution in [2.75, 3.05) is 20.1 Å². The Bertz CT molecular complexity index is 195. The Morgan fingerprint density at radius 1 is 0.895 bits per heavy atom. The Hall–Kier alpha value is -0.0800. The van der Waals surface area contributed by atoms with E-state index in [9.17, 15) is 0 Å². The molecule has 0 saturated heterocycles. The molecule has 0 radical (unpaired) electrons. The van der Waals surface area contributed by atoms with Gasteiger partial charge in [0.1, 0.15) is 0 Å². The van der Waals surface area contributed by atoms with Crippen molar-refractivity contribution in [2.45, 2.75) is 91.1 Å². The van der Waals surface area contributed by atoms with Crippen molar-refractivity contribution in [3.05, 3.63) is 0 Å². The first-order valence-corrected chi connectivity index (χ1v) is 8.58. The smallest absolute Gasteiger partial charge is 0.0356 e. The van der Waals surface area contributed by atoms with Crippen molar-refractivity contribution in [3.63, 3.8) is 0 Å². The summed E-state index contributed by atoms with van der Waals surface area (Å²) in [6.45, 7) is 13.9. The lowest BCUT2D eigenvalue weighted by Crippen LogP contribution is -2.60. The molecule has 0 spiro atoms. The van der Waals surface area contributed by atoms with E-state index in [4.69, 9.17) is 0 Å². The highest BCUT2D eigenvalue weighted by atomic mass is 15.2. The molecular formula is C17H38N2. The Labute approximate surface area is 122 Å². The van der Waals surface area contributed by atoms with Crippen LogP contribution in [0.1, 0.15) is 79.6 Å². The summed E-state index contributed by atoms with van der Waals surface area (Å²) in [5.41, 5.74) is 0.338. The van der Waals surface area contributed by atoms with Crippen LogP contribution in [0.25, 0.3) is 0 Å². The van der Waals surface area contributed by atoms with Gasteiger partial charge in [-0.1, -0.05) is 60.3 Å². The van der Waals surface area contributed by atoms with Crippen LogP contribution < -0.4 is 5.32 Å². The molecule has 0 amide bonds. The molecule has 0 fully saturated rings. The fourth-order valence-corrected chi connectivity index (χ4v) is 3.72. The second-order valence-corrected chi connectivity index (χ2v) is 5.67. The molecule has 0 bridgehead atoms.